The van der Waals surface area contributed by atoms with E-state index in [1.54, 1.807) is 0 Å². The van der Waals surface area contributed by atoms with E-state index in [0.29, 0.717) is 5.41 Å². The van der Waals surface area contributed by atoms with Crippen LogP contribution in [0.25, 0.3) is 0 Å². The van der Waals surface area contributed by atoms with Crippen LogP contribution in [-0.4, -0.2) is 13.1 Å². The molecule has 0 spiro atoms. The van der Waals surface area contributed by atoms with Crippen LogP contribution in [0.5, 0.6) is 0 Å². The first kappa shape index (κ1) is 17.3. The molecule has 0 atom stereocenters. The summed E-state index contributed by atoms with van der Waals surface area (Å²) in [6.07, 6.45) is 4.18. The van der Waals surface area contributed by atoms with Crippen molar-refractivity contribution in [1.82, 2.24) is 5.32 Å². The van der Waals surface area contributed by atoms with Gasteiger partial charge in [0.25, 0.3) is 0 Å². The van der Waals surface area contributed by atoms with E-state index in [1.807, 2.05) is 26.0 Å². The first-order valence-electron chi connectivity index (χ1n) is 7.46. The van der Waals surface area contributed by atoms with Crippen molar-refractivity contribution in [2.45, 2.75) is 47.0 Å². The maximum atomic E-state index is 5.81. The molecule has 0 saturated heterocycles. The fourth-order valence-electron chi connectivity index (χ4n) is 2.07. The quantitative estimate of drug-likeness (QED) is 0.727. The second-order valence-corrected chi connectivity index (χ2v) is 6.57. The topological polar surface area (TPSA) is 12.0 Å². The highest BCUT2D eigenvalue weighted by Gasteiger charge is 2.39. The van der Waals surface area contributed by atoms with Crippen LogP contribution in [0.15, 0.2) is 30.4 Å². The fraction of sp³-hybridized carbons (Fsp3) is 0.556. The highest BCUT2D eigenvalue weighted by Crippen LogP contribution is 2.47. The molecule has 1 aliphatic rings. The molecule has 0 unspecified atom stereocenters. The zero-order chi connectivity index (χ0) is 15.2. The molecule has 1 aliphatic carbocycles. The maximum Gasteiger partial charge on any atom is 0.0437 e. The molecule has 1 nitrogen and oxygen atoms in total. The lowest BCUT2D eigenvalue weighted by molar-refractivity contribution is 0.454. The highest BCUT2D eigenvalue weighted by molar-refractivity contribution is 6.31. The maximum absolute atomic E-state index is 5.81. The SMILES string of the molecule is C=C(C)CNCC1(CC)CC1.Cc1ccc(C)c(Cl)c1. The van der Waals surface area contributed by atoms with Crippen LogP contribution in [0.4, 0.5) is 0 Å². The molecule has 112 valence electrons. The Hall–Kier alpha value is -0.790. The van der Waals surface area contributed by atoms with Gasteiger partial charge in [0.05, 0.1) is 0 Å². The molecular weight excluding hydrogens is 266 g/mol. The van der Waals surface area contributed by atoms with Gasteiger partial charge in [0.1, 0.15) is 0 Å². The van der Waals surface area contributed by atoms with E-state index in [4.69, 9.17) is 11.6 Å². The van der Waals surface area contributed by atoms with Crippen LogP contribution in [0.1, 0.15) is 44.2 Å². The number of halogens is 1. The van der Waals surface area contributed by atoms with Crippen LogP contribution in [0, 0.1) is 19.3 Å². The van der Waals surface area contributed by atoms with Gasteiger partial charge < -0.3 is 5.32 Å². The standard InChI is InChI=1S/C10H19N.C8H9Cl/c1-4-10(5-6-10)8-11-7-9(2)3;1-6-3-4-7(2)8(9)5-6/h11H,2,4-8H2,1,3H3;3-5H,1-2H3. The number of nitrogens with one attached hydrogen (secondary N) is 1. The van der Waals surface area contributed by atoms with Crippen LogP contribution >= 0.6 is 11.6 Å². The van der Waals surface area contributed by atoms with Gasteiger partial charge in [0, 0.05) is 18.1 Å². The lowest BCUT2D eigenvalue weighted by Crippen LogP contribution is -2.24. The van der Waals surface area contributed by atoms with Crippen molar-refractivity contribution < 1.29 is 0 Å². The molecule has 2 rings (SSSR count). The number of rotatable bonds is 5. The highest BCUT2D eigenvalue weighted by atomic mass is 35.5. The van der Waals surface area contributed by atoms with Crippen molar-refractivity contribution >= 4 is 11.6 Å². The van der Waals surface area contributed by atoms with Gasteiger partial charge in [-0.25, -0.2) is 0 Å². The van der Waals surface area contributed by atoms with E-state index in [-0.39, 0.29) is 0 Å². The Labute approximate surface area is 129 Å². The van der Waals surface area contributed by atoms with Crippen LogP contribution in [0.2, 0.25) is 5.02 Å². The number of hydrogen-bond donors (Lipinski definition) is 1. The Bertz CT molecular complexity index is 447. The summed E-state index contributed by atoms with van der Waals surface area (Å²) in [7, 11) is 0. The summed E-state index contributed by atoms with van der Waals surface area (Å²) in [6.45, 7) is 14.4. The van der Waals surface area contributed by atoms with E-state index < -0.39 is 0 Å². The third-order valence-corrected chi connectivity index (χ3v) is 4.37. The van der Waals surface area contributed by atoms with Gasteiger partial charge in [-0.15, -0.1) is 0 Å². The Morgan fingerprint density at radius 1 is 1.35 bits per heavy atom. The van der Waals surface area contributed by atoms with Crippen LogP contribution in [0.3, 0.4) is 0 Å². The smallest absolute Gasteiger partial charge is 0.0437 e. The van der Waals surface area contributed by atoms with E-state index >= 15 is 0 Å². The lowest BCUT2D eigenvalue weighted by Gasteiger charge is -2.12. The molecule has 1 saturated carbocycles. The van der Waals surface area contributed by atoms with Gasteiger partial charge >= 0.3 is 0 Å². The average molecular weight is 294 g/mol. The fourth-order valence-corrected chi connectivity index (χ4v) is 2.31. The average Bonchev–Trinajstić information content (AvgIpc) is 3.15. The second-order valence-electron chi connectivity index (χ2n) is 6.17. The molecule has 1 fully saturated rings. The normalized spacial score (nSPS) is 15.2. The number of hydrogen-bond acceptors (Lipinski definition) is 1. The largest absolute Gasteiger partial charge is 0.312 e. The van der Waals surface area contributed by atoms with Crippen LogP contribution in [-0.2, 0) is 0 Å². The molecule has 0 bridgehead atoms. The van der Waals surface area contributed by atoms with Gasteiger partial charge in [-0.3, -0.25) is 0 Å². The Morgan fingerprint density at radius 3 is 2.40 bits per heavy atom. The predicted octanol–water partition coefficient (Wildman–Crippen LogP) is 5.30. The third kappa shape index (κ3) is 6.11. The minimum Gasteiger partial charge on any atom is -0.312 e. The number of aryl methyl sites for hydroxylation is 2. The molecule has 0 heterocycles. The molecular formula is C18H28ClN. The molecule has 0 aromatic heterocycles. The monoisotopic (exact) mass is 293 g/mol. The number of benzene rings is 1. The van der Waals surface area contributed by atoms with Gasteiger partial charge in [-0.2, -0.15) is 0 Å². The van der Waals surface area contributed by atoms with Gasteiger partial charge in [-0.05, 0) is 62.6 Å². The molecule has 1 N–H and O–H groups in total. The van der Waals surface area contributed by atoms with E-state index in [0.717, 1.165) is 17.1 Å². The first-order valence-corrected chi connectivity index (χ1v) is 7.84. The van der Waals surface area contributed by atoms with Gasteiger partial charge in [0.2, 0.25) is 0 Å². The summed E-state index contributed by atoms with van der Waals surface area (Å²) in [5, 5.41) is 4.30. The molecule has 0 radical (unpaired) electrons. The molecule has 0 amide bonds. The van der Waals surface area contributed by atoms with E-state index in [1.165, 1.54) is 36.9 Å². The predicted molar refractivity (Wildman–Crippen MR) is 90.6 cm³/mol. The second kappa shape index (κ2) is 7.85. The minimum atomic E-state index is 0.676. The summed E-state index contributed by atoms with van der Waals surface area (Å²) in [5.41, 5.74) is 4.26. The Kier molecular flexibility index (Phi) is 6.78. The summed E-state index contributed by atoms with van der Waals surface area (Å²) < 4.78 is 0. The Morgan fingerprint density at radius 2 is 2.00 bits per heavy atom. The summed E-state index contributed by atoms with van der Waals surface area (Å²) in [6, 6.07) is 6.05. The molecule has 1 aromatic carbocycles. The first-order chi connectivity index (χ1) is 9.38. The molecule has 1 aromatic rings. The van der Waals surface area contributed by atoms with Crippen molar-refractivity contribution in [3.05, 3.63) is 46.5 Å². The van der Waals surface area contributed by atoms with Gasteiger partial charge in [-0.1, -0.05) is 42.8 Å². The van der Waals surface area contributed by atoms with Crippen molar-refractivity contribution in [2.24, 2.45) is 5.41 Å². The van der Waals surface area contributed by atoms with Crippen LogP contribution < -0.4 is 5.32 Å². The Balaban J connectivity index is 0.000000204. The molecule has 2 heteroatoms. The zero-order valence-corrected chi connectivity index (χ0v) is 14.1. The summed E-state index contributed by atoms with van der Waals surface area (Å²) in [4.78, 5) is 0. The summed E-state index contributed by atoms with van der Waals surface area (Å²) in [5.74, 6) is 0. The minimum absolute atomic E-state index is 0.676. The molecule has 20 heavy (non-hydrogen) atoms. The van der Waals surface area contributed by atoms with E-state index in [9.17, 15) is 0 Å². The van der Waals surface area contributed by atoms with Gasteiger partial charge in [0.15, 0.2) is 0 Å². The summed E-state index contributed by atoms with van der Waals surface area (Å²) >= 11 is 5.81. The van der Waals surface area contributed by atoms with E-state index in [2.05, 4.69) is 31.8 Å². The lowest BCUT2D eigenvalue weighted by atomic mass is 10.0. The van der Waals surface area contributed by atoms with Crippen molar-refractivity contribution in [3.8, 4) is 0 Å². The van der Waals surface area contributed by atoms with Crippen molar-refractivity contribution in [2.75, 3.05) is 13.1 Å². The molecule has 0 aliphatic heterocycles. The zero-order valence-electron chi connectivity index (χ0n) is 13.4. The third-order valence-electron chi connectivity index (χ3n) is 3.96. The van der Waals surface area contributed by atoms with Crippen molar-refractivity contribution in [3.63, 3.8) is 0 Å². The van der Waals surface area contributed by atoms with Crippen molar-refractivity contribution in [1.29, 1.82) is 0 Å².